The van der Waals surface area contributed by atoms with Gasteiger partial charge in [-0.25, -0.2) is 17.9 Å². The molecule has 1 fully saturated rings. The van der Waals surface area contributed by atoms with Gasteiger partial charge in [-0.2, -0.15) is 5.26 Å². The highest BCUT2D eigenvalue weighted by Gasteiger charge is 2.29. The molecule has 1 aliphatic carbocycles. The SMILES string of the molecule is N#Cc1ccccc1OC1CCC(NS(=O)(=O)c2ccc(Cl)cc2C(=O)O)CC1. The maximum atomic E-state index is 12.7. The molecule has 0 atom stereocenters. The fraction of sp³-hybridized carbons (Fsp3) is 0.300. The largest absolute Gasteiger partial charge is 0.489 e. The van der Waals surface area contributed by atoms with Crippen molar-refractivity contribution in [3.63, 3.8) is 0 Å². The highest BCUT2D eigenvalue weighted by Crippen LogP contribution is 2.27. The molecule has 0 spiro atoms. The monoisotopic (exact) mass is 434 g/mol. The fourth-order valence-corrected chi connectivity index (χ4v) is 4.98. The molecular formula is C20H19ClN2O5S. The summed E-state index contributed by atoms with van der Waals surface area (Å²) in [4.78, 5) is 11.1. The third-order valence-electron chi connectivity index (χ3n) is 4.76. The number of hydrogen-bond donors (Lipinski definition) is 2. The summed E-state index contributed by atoms with van der Waals surface area (Å²) < 4.78 is 33.9. The Hall–Kier alpha value is -2.60. The minimum atomic E-state index is -4.01. The van der Waals surface area contributed by atoms with Crippen LogP contribution in [-0.2, 0) is 10.0 Å². The van der Waals surface area contributed by atoms with Crippen LogP contribution in [0.15, 0.2) is 47.4 Å². The van der Waals surface area contributed by atoms with Crippen molar-refractivity contribution in [2.24, 2.45) is 0 Å². The quantitative estimate of drug-likeness (QED) is 0.717. The number of carboxylic acids is 1. The van der Waals surface area contributed by atoms with E-state index in [0.29, 0.717) is 37.0 Å². The smallest absolute Gasteiger partial charge is 0.337 e. The van der Waals surface area contributed by atoms with E-state index < -0.39 is 16.0 Å². The van der Waals surface area contributed by atoms with Crippen LogP contribution >= 0.6 is 11.6 Å². The molecule has 2 aromatic rings. The van der Waals surface area contributed by atoms with Crippen LogP contribution in [0.3, 0.4) is 0 Å². The summed E-state index contributed by atoms with van der Waals surface area (Å²) in [5.41, 5.74) is 0.0920. The van der Waals surface area contributed by atoms with E-state index in [0.717, 1.165) is 6.07 Å². The Bertz CT molecular complexity index is 1060. The van der Waals surface area contributed by atoms with Crippen molar-refractivity contribution >= 4 is 27.6 Å². The molecule has 2 aromatic carbocycles. The standard InChI is InChI=1S/C20H19ClN2O5S/c21-14-5-10-19(17(11-14)20(24)25)29(26,27)23-15-6-8-16(9-7-15)28-18-4-2-1-3-13(18)12-22/h1-5,10-11,15-16,23H,6-9H2,(H,24,25). The van der Waals surface area contributed by atoms with Crippen LogP contribution in [0.2, 0.25) is 5.02 Å². The molecule has 0 unspecified atom stereocenters. The number of para-hydroxylation sites is 1. The minimum Gasteiger partial charge on any atom is -0.489 e. The summed E-state index contributed by atoms with van der Waals surface area (Å²) in [6.45, 7) is 0. The zero-order valence-corrected chi connectivity index (χ0v) is 16.9. The molecule has 7 nitrogen and oxygen atoms in total. The lowest BCUT2D eigenvalue weighted by Crippen LogP contribution is -2.40. The van der Waals surface area contributed by atoms with Crippen LogP contribution in [0.4, 0.5) is 0 Å². The van der Waals surface area contributed by atoms with Crippen LogP contribution < -0.4 is 9.46 Å². The summed E-state index contributed by atoms with van der Waals surface area (Å²) in [7, 11) is -4.01. The number of carbonyl (C=O) groups is 1. The Morgan fingerprint density at radius 1 is 1.17 bits per heavy atom. The first-order valence-corrected chi connectivity index (χ1v) is 10.9. The molecule has 0 radical (unpaired) electrons. The van der Waals surface area contributed by atoms with Gasteiger partial charge in [-0.05, 0) is 56.0 Å². The van der Waals surface area contributed by atoms with Gasteiger partial charge in [-0.3, -0.25) is 0 Å². The number of nitrogens with one attached hydrogen (secondary N) is 1. The topological polar surface area (TPSA) is 116 Å². The Morgan fingerprint density at radius 2 is 1.86 bits per heavy atom. The first kappa shape index (κ1) is 21.1. The van der Waals surface area contributed by atoms with Crippen molar-refractivity contribution in [1.29, 1.82) is 5.26 Å². The van der Waals surface area contributed by atoms with E-state index in [9.17, 15) is 18.3 Å². The van der Waals surface area contributed by atoms with Crippen LogP contribution in [0, 0.1) is 11.3 Å². The maximum Gasteiger partial charge on any atom is 0.337 e. The Morgan fingerprint density at radius 3 is 2.52 bits per heavy atom. The maximum absolute atomic E-state index is 12.7. The third kappa shape index (κ3) is 5.07. The molecule has 3 rings (SSSR count). The van der Waals surface area contributed by atoms with E-state index in [-0.39, 0.29) is 27.6 Å². The number of sulfonamides is 1. The van der Waals surface area contributed by atoms with Crippen molar-refractivity contribution in [1.82, 2.24) is 4.72 Å². The van der Waals surface area contributed by atoms with Crippen LogP contribution in [0.1, 0.15) is 41.6 Å². The molecule has 0 bridgehead atoms. The van der Waals surface area contributed by atoms with Gasteiger partial charge in [0.1, 0.15) is 11.8 Å². The second-order valence-electron chi connectivity index (χ2n) is 6.77. The van der Waals surface area contributed by atoms with E-state index in [1.165, 1.54) is 12.1 Å². The molecule has 9 heteroatoms. The normalized spacial score (nSPS) is 19.3. The van der Waals surface area contributed by atoms with Gasteiger partial charge in [0.05, 0.1) is 22.1 Å². The van der Waals surface area contributed by atoms with E-state index in [2.05, 4.69) is 10.8 Å². The number of nitriles is 1. The van der Waals surface area contributed by atoms with Gasteiger partial charge >= 0.3 is 5.97 Å². The van der Waals surface area contributed by atoms with Gasteiger partial charge < -0.3 is 9.84 Å². The molecule has 152 valence electrons. The third-order valence-corrected chi connectivity index (χ3v) is 6.57. The first-order chi connectivity index (χ1) is 13.8. The number of hydrogen-bond acceptors (Lipinski definition) is 5. The van der Waals surface area contributed by atoms with Gasteiger partial charge in [0, 0.05) is 11.1 Å². The van der Waals surface area contributed by atoms with E-state index in [4.69, 9.17) is 21.6 Å². The van der Waals surface area contributed by atoms with Crippen LogP contribution in [0.5, 0.6) is 5.75 Å². The van der Waals surface area contributed by atoms with Crippen molar-refractivity contribution in [3.05, 3.63) is 58.6 Å². The second-order valence-corrected chi connectivity index (χ2v) is 8.89. The predicted molar refractivity (Wildman–Crippen MR) is 107 cm³/mol. The highest BCUT2D eigenvalue weighted by molar-refractivity contribution is 7.89. The lowest BCUT2D eigenvalue weighted by Gasteiger charge is -2.29. The Labute approximate surface area is 173 Å². The van der Waals surface area contributed by atoms with E-state index in [1.54, 1.807) is 24.3 Å². The molecule has 2 N–H and O–H groups in total. The van der Waals surface area contributed by atoms with Crippen LogP contribution in [-0.4, -0.2) is 31.6 Å². The zero-order chi connectivity index (χ0) is 21.0. The van der Waals surface area contributed by atoms with Gasteiger partial charge in [0.25, 0.3) is 0 Å². The minimum absolute atomic E-state index is 0.115. The first-order valence-electron chi connectivity index (χ1n) is 9.01. The molecule has 1 aliphatic rings. The average Bonchev–Trinajstić information content (AvgIpc) is 2.69. The number of aromatic carboxylic acids is 1. The van der Waals surface area contributed by atoms with E-state index in [1.807, 2.05) is 0 Å². The molecule has 29 heavy (non-hydrogen) atoms. The van der Waals surface area contributed by atoms with Gasteiger partial charge in [0.2, 0.25) is 10.0 Å². The molecule has 0 saturated heterocycles. The molecule has 0 amide bonds. The van der Waals surface area contributed by atoms with Crippen molar-refractivity contribution in [2.75, 3.05) is 0 Å². The second kappa shape index (κ2) is 8.82. The molecule has 0 heterocycles. The fourth-order valence-electron chi connectivity index (χ4n) is 3.33. The number of ether oxygens (including phenoxy) is 1. The van der Waals surface area contributed by atoms with Gasteiger partial charge in [-0.1, -0.05) is 23.7 Å². The summed E-state index contributed by atoms with van der Waals surface area (Å²) in [5.74, 6) is -0.840. The summed E-state index contributed by atoms with van der Waals surface area (Å²) in [6.07, 6.45) is 2.18. The van der Waals surface area contributed by atoms with Gasteiger partial charge in [-0.15, -0.1) is 0 Å². The predicted octanol–water partition coefficient (Wildman–Crippen LogP) is 3.58. The van der Waals surface area contributed by atoms with Crippen molar-refractivity contribution < 1.29 is 23.1 Å². The molecule has 1 saturated carbocycles. The Kier molecular flexibility index (Phi) is 6.42. The summed E-state index contributed by atoms with van der Waals surface area (Å²) in [5, 5.41) is 18.6. The number of rotatable bonds is 6. The summed E-state index contributed by atoms with van der Waals surface area (Å²) >= 11 is 5.79. The highest BCUT2D eigenvalue weighted by atomic mass is 35.5. The molecule has 0 aromatic heterocycles. The average molecular weight is 435 g/mol. The molecular weight excluding hydrogens is 416 g/mol. The Balaban J connectivity index is 1.65. The number of nitrogens with zero attached hydrogens (tertiary/aromatic N) is 1. The van der Waals surface area contributed by atoms with E-state index >= 15 is 0 Å². The molecule has 0 aliphatic heterocycles. The number of carboxylic acid groups (broad SMARTS) is 1. The number of halogens is 1. The number of benzene rings is 2. The van der Waals surface area contributed by atoms with Gasteiger partial charge in [0.15, 0.2) is 0 Å². The van der Waals surface area contributed by atoms with Crippen molar-refractivity contribution in [2.45, 2.75) is 42.7 Å². The zero-order valence-electron chi connectivity index (χ0n) is 15.3. The lowest BCUT2D eigenvalue weighted by atomic mass is 9.93. The van der Waals surface area contributed by atoms with Crippen LogP contribution in [0.25, 0.3) is 0 Å². The summed E-state index contributed by atoms with van der Waals surface area (Å²) in [6, 6.07) is 12.4. The lowest BCUT2D eigenvalue weighted by molar-refractivity contribution is 0.0692. The van der Waals surface area contributed by atoms with Crippen molar-refractivity contribution in [3.8, 4) is 11.8 Å².